The molecular weight excluding hydrogens is 426 g/mol. The molecule has 1 aromatic carbocycles. The number of nitrogens with one attached hydrogen (secondary N) is 1. The lowest BCUT2D eigenvalue weighted by atomic mass is 10.1. The molecule has 0 radical (unpaired) electrons. The quantitative estimate of drug-likeness (QED) is 0.573. The molecule has 3 aromatic rings. The third-order valence-electron chi connectivity index (χ3n) is 6.69. The van der Waals surface area contributed by atoms with E-state index in [9.17, 15) is 9.59 Å². The third kappa shape index (κ3) is 4.43. The number of carbonyl (C=O) groups is 2. The van der Waals surface area contributed by atoms with E-state index in [4.69, 9.17) is 10.1 Å². The molecule has 0 bridgehead atoms. The van der Waals surface area contributed by atoms with Gasteiger partial charge in [-0.05, 0) is 77.1 Å². The summed E-state index contributed by atoms with van der Waals surface area (Å²) in [7, 11) is 0. The molecule has 2 aromatic heterocycles. The molecule has 1 N–H and O–H groups in total. The molecule has 2 amide bonds. The summed E-state index contributed by atoms with van der Waals surface area (Å²) in [4.78, 5) is 32.6. The Balaban J connectivity index is 1.46. The normalized spacial score (nSPS) is 16.8. The zero-order chi connectivity index (χ0) is 24.0. The van der Waals surface area contributed by atoms with E-state index in [0.717, 1.165) is 65.9 Å². The van der Waals surface area contributed by atoms with Gasteiger partial charge in [0.15, 0.2) is 5.65 Å². The SMILES string of the molecule is Cc1nn(C(C)(C)C)c2nc(C3CC3)cc(C(=O)Nc3cccc(CN4CCCCC4=O)c3)c12. The average Bonchev–Trinajstić information content (AvgIpc) is 3.58. The average molecular weight is 460 g/mol. The number of fused-ring (bicyclic) bond motifs is 1. The molecule has 1 saturated heterocycles. The van der Waals surface area contributed by atoms with E-state index in [-0.39, 0.29) is 17.4 Å². The monoisotopic (exact) mass is 459 g/mol. The molecule has 7 heteroatoms. The van der Waals surface area contributed by atoms with Crippen LogP contribution in [0.5, 0.6) is 0 Å². The minimum Gasteiger partial charge on any atom is -0.338 e. The van der Waals surface area contributed by atoms with Gasteiger partial charge >= 0.3 is 0 Å². The van der Waals surface area contributed by atoms with Crippen LogP contribution in [0.15, 0.2) is 30.3 Å². The zero-order valence-electron chi connectivity index (χ0n) is 20.5. The van der Waals surface area contributed by atoms with E-state index in [1.165, 1.54) is 0 Å². The second-order valence-electron chi connectivity index (χ2n) is 10.7. The van der Waals surface area contributed by atoms with Crippen molar-refractivity contribution in [3.8, 4) is 0 Å². The van der Waals surface area contributed by atoms with Gasteiger partial charge in [0.05, 0.1) is 22.2 Å². The number of amides is 2. The van der Waals surface area contributed by atoms with Gasteiger partial charge in [-0.1, -0.05) is 12.1 Å². The number of pyridine rings is 1. The van der Waals surface area contributed by atoms with Gasteiger partial charge < -0.3 is 10.2 Å². The molecule has 178 valence electrons. The Kier molecular flexibility index (Phi) is 5.66. The summed E-state index contributed by atoms with van der Waals surface area (Å²) in [5, 5.41) is 8.66. The Morgan fingerprint density at radius 2 is 1.97 bits per heavy atom. The number of aromatic nitrogens is 3. The number of carbonyl (C=O) groups excluding carboxylic acids is 2. The van der Waals surface area contributed by atoms with E-state index in [1.807, 2.05) is 46.8 Å². The number of piperidine rings is 1. The molecule has 0 spiro atoms. The molecule has 5 rings (SSSR count). The van der Waals surface area contributed by atoms with Crippen molar-refractivity contribution in [1.82, 2.24) is 19.7 Å². The summed E-state index contributed by atoms with van der Waals surface area (Å²) in [6, 6.07) is 9.74. The minimum absolute atomic E-state index is 0.156. The molecular formula is C27H33N5O2. The van der Waals surface area contributed by atoms with Crippen LogP contribution in [-0.2, 0) is 16.9 Å². The summed E-state index contributed by atoms with van der Waals surface area (Å²) in [5.74, 6) is 0.473. The van der Waals surface area contributed by atoms with Gasteiger partial charge in [0.1, 0.15) is 0 Å². The Morgan fingerprint density at radius 1 is 1.18 bits per heavy atom. The predicted octanol–water partition coefficient (Wildman–Crippen LogP) is 5.14. The molecule has 0 atom stereocenters. The first-order chi connectivity index (χ1) is 16.2. The van der Waals surface area contributed by atoms with Gasteiger partial charge in [0.25, 0.3) is 5.91 Å². The van der Waals surface area contributed by atoms with Gasteiger partial charge in [-0.3, -0.25) is 9.59 Å². The second kappa shape index (κ2) is 8.53. The second-order valence-corrected chi connectivity index (χ2v) is 10.7. The minimum atomic E-state index is -0.240. The maximum absolute atomic E-state index is 13.5. The van der Waals surface area contributed by atoms with Crippen molar-refractivity contribution in [3.63, 3.8) is 0 Å². The number of hydrogen-bond acceptors (Lipinski definition) is 4. The van der Waals surface area contributed by atoms with Crippen LogP contribution in [0.3, 0.4) is 0 Å². The highest BCUT2D eigenvalue weighted by atomic mass is 16.2. The molecule has 0 unspecified atom stereocenters. The van der Waals surface area contributed by atoms with Crippen LogP contribution in [0.2, 0.25) is 0 Å². The lowest BCUT2D eigenvalue weighted by Crippen LogP contribution is -2.34. The van der Waals surface area contributed by atoms with Crippen LogP contribution >= 0.6 is 0 Å². The first kappa shape index (κ1) is 22.6. The summed E-state index contributed by atoms with van der Waals surface area (Å²) in [6.07, 6.45) is 4.86. The number of nitrogens with zero attached hydrogens (tertiary/aromatic N) is 4. The lowest BCUT2D eigenvalue weighted by Gasteiger charge is -2.26. The van der Waals surface area contributed by atoms with Crippen LogP contribution in [0, 0.1) is 6.92 Å². The highest BCUT2D eigenvalue weighted by Gasteiger charge is 2.30. The van der Waals surface area contributed by atoms with E-state index in [0.29, 0.717) is 24.4 Å². The fraction of sp³-hybridized carbons (Fsp3) is 0.481. The Morgan fingerprint density at radius 3 is 2.68 bits per heavy atom. The fourth-order valence-corrected chi connectivity index (χ4v) is 4.74. The smallest absolute Gasteiger partial charge is 0.256 e. The summed E-state index contributed by atoms with van der Waals surface area (Å²) in [5.41, 5.74) is 4.68. The first-order valence-electron chi connectivity index (χ1n) is 12.3. The van der Waals surface area contributed by atoms with Crippen molar-refractivity contribution in [2.24, 2.45) is 0 Å². The largest absolute Gasteiger partial charge is 0.338 e. The summed E-state index contributed by atoms with van der Waals surface area (Å²) >= 11 is 0. The Hall–Kier alpha value is -3.22. The number of likely N-dealkylation sites (tertiary alicyclic amines) is 1. The number of hydrogen-bond donors (Lipinski definition) is 1. The van der Waals surface area contributed by atoms with Crippen molar-refractivity contribution >= 4 is 28.5 Å². The Labute approximate surface area is 200 Å². The predicted molar refractivity (Wildman–Crippen MR) is 133 cm³/mol. The van der Waals surface area contributed by atoms with Gasteiger partial charge in [0, 0.05) is 36.8 Å². The van der Waals surface area contributed by atoms with Crippen LogP contribution in [0.25, 0.3) is 11.0 Å². The van der Waals surface area contributed by atoms with Gasteiger partial charge in [-0.2, -0.15) is 5.10 Å². The molecule has 7 nitrogen and oxygen atoms in total. The highest BCUT2D eigenvalue weighted by molar-refractivity contribution is 6.12. The molecule has 3 heterocycles. The van der Waals surface area contributed by atoms with Crippen molar-refractivity contribution in [2.45, 2.75) is 77.8 Å². The van der Waals surface area contributed by atoms with Gasteiger partial charge in [-0.15, -0.1) is 0 Å². The van der Waals surface area contributed by atoms with Crippen molar-refractivity contribution in [1.29, 1.82) is 0 Å². The third-order valence-corrected chi connectivity index (χ3v) is 6.69. The van der Waals surface area contributed by atoms with Gasteiger partial charge in [-0.25, -0.2) is 9.67 Å². The maximum atomic E-state index is 13.5. The Bertz CT molecular complexity index is 1270. The topological polar surface area (TPSA) is 80.1 Å². The standard InChI is InChI=1S/C27H33N5O2/c1-17-24-21(15-22(19-11-12-19)29-25(24)32(30-17)27(2,3)4)26(34)28-20-9-7-8-18(14-20)16-31-13-6-5-10-23(31)33/h7-9,14-15,19H,5-6,10-13,16H2,1-4H3,(H,28,34). The molecule has 34 heavy (non-hydrogen) atoms. The number of aryl methyl sites for hydroxylation is 1. The lowest BCUT2D eigenvalue weighted by molar-refractivity contribution is -0.133. The number of benzene rings is 1. The molecule has 1 aliphatic heterocycles. The summed E-state index contributed by atoms with van der Waals surface area (Å²) < 4.78 is 1.94. The van der Waals surface area contributed by atoms with E-state index >= 15 is 0 Å². The first-order valence-corrected chi connectivity index (χ1v) is 12.3. The maximum Gasteiger partial charge on any atom is 0.256 e. The van der Waals surface area contributed by atoms with Crippen LogP contribution in [0.4, 0.5) is 5.69 Å². The van der Waals surface area contributed by atoms with Gasteiger partial charge in [0.2, 0.25) is 5.91 Å². The molecule has 1 aliphatic carbocycles. The molecule has 2 fully saturated rings. The van der Waals surface area contributed by atoms with Crippen molar-refractivity contribution in [2.75, 3.05) is 11.9 Å². The number of anilines is 1. The highest BCUT2D eigenvalue weighted by Crippen LogP contribution is 2.41. The number of rotatable bonds is 5. The van der Waals surface area contributed by atoms with Crippen LogP contribution in [0.1, 0.15) is 86.1 Å². The molecule has 2 aliphatic rings. The van der Waals surface area contributed by atoms with E-state index in [2.05, 4.69) is 26.1 Å². The zero-order valence-corrected chi connectivity index (χ0v) is 20.5. The van der Waals surface area contributed by atoms with Crippen LogP contribution in [-0.4, -0.2) is 38.0 Å². The van der Waals surface area contributed by atoms with E-state index in [1.54, 1.807) is 0 Å². The molecule has 1 saturated carbocycles. The summed E-state index contributed by atoms with van der Waals surface area (Å²) in [6.45, 7) is 9.61. The van der Waals surface area contributed by atoms with E-state index < -0.39 is 0 Å². The van der Waals surface area contributed by atoms with Crippen molar-refractivity contribution < 1.29 is 9.59 Å². The fourth-order valence-electron chi connectivity index (χ4n) is 4.74. The van der Waals surface area contributed by atoms with Crippen molar-refractivity contribution in [3.05, 3.63) is 52.8 Å². The van der Waals surface area contributed by atoms with Crippen LogP contribution < -0.4 is 5.32 Å².